The highest BCUT2D eigenvalue weighted by molar-refractivity contribution is 6.51. The first-order valence-corrected chi connectivity index (χ1v) is 8.55. The molecule has 6 nitrogen and oxygen atoms in total. The van der Waals surface area contributed by atoms with Crippen LogP contribution in [0.3, 0.4) is 0 Å². The fourth-order valence-electron chi connectivity index (χ4n) is 2.72. The Morgan fingerprint density at radius 1 is 1.24 bits per heavy atom. The van der Waals surface area contributed by atoms with Gasteiger partial charge in [-0.2, -0.15) is 0 Å². The van der Waals surface area contributed by atoms with Crippen molar-refractivity contribution in [3.05, 3.63) is 35.6 Å². The van der Waals surface area contributed by atoms with Crippen LogP contribution in [0.5, 0.6) is 0 Å². The van der Waals surface area contributed by atoms with Crippen molar-refractivity contribution in [3.8, 4) is 0 Å². The van der Waals surface area contributed by atoms with E-state index in [0.717, 1.165) is 23.5 Å². The number of hydrogen-bond donors (Lipinski definition) is 3. The predicted molar refractivity (Wildman–Crippen MR) is 103 cm³/mol. The molecule has 0 amide bonds. The number of benzene rings is 1. The van der Waals surface area contributed by atoms with Gasteiger partial charge in [0.25, 0.3) is 0 Å². The molecule has 0 radical (unpaired) electrons. The molecule has 6 heteroatoms. The first-order chi connectivity index (χ1) is 12.0. The predicted octanol–water partition coefficient (Wildman–Crippen LogP) is 3.25. The third-order valence-corrected chi connectivity index (χ3v) is 4.07. The lowest BCUT2D eigenvalue weighted by Crippen LogP contribution is -2.26. The van der Waals surface area contributed by atoms with Crippen molar-refractivity contribution in [2.45, 2.75) is 27.2 Å². The van der Waals surface area contributed by atoms with Crippen LogP contribution in [0.1, 0.15) is 25.8 Å². The molecule has 2 rings (SSSR count). The Morgan fingerprint density at radius 2 is 2.00 bits per heavy atom. The summed E-state index contributed by atoms with van der Waals surface area (Å²) in [5.41, 5.74) is 4.03. The molecular weight excluding hydrogens is 316 g/mol. The Labute approximate surface area is 148 Å². The molecule has 134 valence electrons. The minimum Gasteiger partial charge on any atom is -0.492 e. The number of hydrogen-bond acceptors (Lipinski definition) is 6. The molecule has 1 aliphatic carbocycles. The zero-order chi connectivity index (χ0) is 18.4. The zero-order valence-electron chi connectivity index (χ0n) is 15.1. The lowest BCUT2D eigenvalue weighted by Gasteiger charge is -2.23. The van der Waals surface area contributed by atoms with Gasteiger partial charge in [0.15, 0.2) is 0 Å². The van der Waals surface area contributed by atoms with E-state index in [-0.39, 0.29) is 13.0 Å². The second-order valence-corrected chi connectivity index (χ2v) is 5.85. The van der Waals surface area contributed by atoms with E-state index >= 15 is 0 Å². The van der Waals surface area contributed by atoms with Gasteiger partial charge in [-0.05, 0) is 44.5 Å². The van der Waals surface area contributed by atoms with Crippen molar-refractivity contribution < 1.29 is 9.84 Å². The SMILES string of the molecule is CCOC1=CC(=Nc2ccc(N(CC)CCO)cc2C)C(=N)CC1=N. The zero-order valence-corrected chi connectivity index (χ0v) is 15.1. The molecule has 1 aromatic rings. The maximum Gasteiger partial charge on any atom is 0.142 e. The van der Waals surface area contributed by atoms with Crippen LogP contribution in [-0.4, -0.2) is 48.5 Å². The molecular formula is C19H26N4O2. The van der Waals surface area contributed by atoms with E-state index < -0.39 is 0 Å². The first-order valence-electron chi connectivity index (χ1n) is 8.55. The number of anilines is 1. The first kappa shape index (κ1) is 18.9. The van der Waals surface area contributed by atoms with Gasteiger partial charge in [-0.1, -0.05) is 0 Å². The average Bonchev–Trinajstić information content (AvgIpc) is 2.58. The molecule has 1 aliphatic rings. The third-order valence-electron chi connectivity index (χ3n) is 4.07. The fourth-order valence-corrected chi connectivity index (χ4v) is 2.72. The second-order valence-electron chi connectivity index (χ2n) is 5.85. The van der Waals surface area contributed by atoms with Crippen LogP contribution < -0.4 is 4.90 Å². The number of ether oxygens (including phenoxy) is 1. The Kier molecular flexibility index (Phi) is 6.47. The van der Waals surface area contributed by atoms with Crippen LogP contribution in [0.4, 0.5) is 11.4 Å². The summed E-state index contributed by atoms with van der Waals surface area (Å²) >= 11 is 0. The van der Waals surface area contributed by atoms with Gasteiger partial charge in [0, 0.05) is 31.3 Å². The van der Waals surface area contributed by atoms with Crippen molar-refractivity contribution in [2.24, 2.45) is 4.99 Å². The number of likely N-dealkylation sites (N-methyl/N-ethyl adjacent to an activating group) is 1. The minimum atomic E-state index is 0.116. The van der Waals surface area contributed by atoms with Crippen molar-refractivity contribution >= 4 is 28.5 Å². The Bertz CT molecular complexity index is 722. The second kappa shape index (κ2) is 8.58. The molecule has 25 heavy (non-hydrogen) atoms. The molecule has 0 fully saturated rings. The highest BCUT2D eigenvalue weighted by atomic mass is 16.5. The van der Waals surface area contributed by atoms with Gasteiger partial charge in [0.05, 0.1) is 36.0 Å². The quantitative estimate of drug-likeness (QED) is 0.710. The summed E-state index contributed by atoms with van der Waals surface area (Å²) in [7, 11) is 0. The Hall–Kier alpha value is -2.47. The summed E-state index contributed by atoms with van der Waals surface area (Å²) in [5.74, 6) is 0.492. The summed E-state index contributed by atoms with van der Waals surface area (Å²) in [6.45, 7) is 7.93. The maximum absolute atomic E-state index is 9.17. The maximum atomic E-state index is 9.17. The highest BCUT2D eigenvalue weighted by Crippen LogP contribution is 2.26. The van der Waals surface area contributed by atoms with Crippen LogP contribution in [0.15, 0.2) is 35.0 Å². The van der Waals surface area contributed by atoms with Crippen molar-refractivity contribution in [3.63, 3.8) is 0 Å². The summed E-state index contributed by atoms with van der Waals surface area (Å²) in [4.78, 5) is 6.71. The van der Waals surface area contributed by atoms with E-state index in [9.17, 15) is 0 Å². The van der Waals surface area contributed by atoms with Crippen LogP contribution >= 0.6 is 0 Å². The largest absolute Gasteiger partial charge is 0.492 e. The lowest BCUT2D eigenvalue weighted by atomic mass is 9.99. The molecule has 0 heterocycles. The molecule has 0 aliphatic heterocycles. The standard InChI is InChI=1S/C19H26N4O2/c1-4-23(8-9-24)14-6-7-17(13(3)10-14)22-18-12-19(25-5-2)16(21)11-15(18)20/h6-7,10,12,20-21,24H,4-5,8-9,11H2,1-3H3. The van der Waals surface area contributed by atoms with E-state index in [1.807, 2.05) is 32.0 Å². The number of aliphatic hydroxyl groups excluding tert-OH is 1. The smallest absolute Gasteiger partial charge is 0.142 e. The van der Waals surface area contributed by atoms with Crippen molar-refractivity contribution in [1.29, 1.82) is 10.8 Å². The molecule has 0 atom stereocenters. The molecule has 0 unspecified atom stereocenters. The monoisotopic (exact) mass is 342 g/mol. The number of aliphatic imine (C=N–C) groups is 1. The summed E-state index contributed by atoms with van der Waals surface area (Å²) in [6, 6.07) is 5.95. The van der Waals surface area contributed by atoms with E-state index in [1.165, 1.54) is 0 Å². The van der Waals surface area contributed by atoms with Crippen molar-refractivity contribution in [1.82, 2.24) is 0 Å². The lowest BCUT2D eigenvalue weighted by molar-refractivity contribution is 0.249. The Balaban J connectivity index is 2.33. The highest BCUT2D eigenvalue weighted by Gasteiger charge is 2.20. The van der Waals surface area contributed by atoms with Gasteiger partial charge in [0.1, 0.15) is 5.76 Å². The van der Waals surface area contributed by atoms with Crippen LogP contribution in [0.25, 0.3) is 0 Å². The van der Waals surface area contributed by atoms with Gasteiger partial charge in [-0.25, -0.2) is 4.99 Å². The van der Waals surface area contributed by atoms with Gasteiger partial charge < -0.3 is 25.6 Å². The summed E-state index contributed by atoms with van der Waals surface area (Å²) < 4.78 is 5.46. The third kappa shape index (κ3) is 4.54. The number of aliphatic hydroxyl groups is 1. The summed E-state index contributed by atoms with van der Waals surface area (Å²) in [5, 5.41) is 25.2. The topological polar surface area (TPSA) is 92.8 Å². The molecule has 0 spiro atoms. The molecule has 0 bridgehead atoms. The summed E-state index contributed by atoms with van der Waals surface area (Å²) in [6.07, 6.45) is 1.91. The van der Waals surface area contributed by atoms with E-state index in [1.54, 1.807) is 6.08 Å². The van der Waals surface area contributed by atoms with Gasteiger partial charge in [-0.15, -0.1) is 0 Å². The molecule has 0 saturated carbocycles. The molecule has 0 saturated heterocycles. The molecule has 1 aromatic carbocycles. The molecule has 0 aromatic heterocycles. The van der Waals surface area contributed by atoms with E-state index in [4.69, 9.17) is 20.7 Å². The van der Waals surface area contributed by atoms with Crippen LogP contribution in [0, 0.1) is 17.7 Å². The van der Waals surface area contributed by atoms with Crippen LogP contribution in [0.2, 0.25) is 0 Å². The average molecular weight is 342 g/mol. The number of nitrogens with one attached hydrogen (secondary N) is 2. The number of aryl methyl sites for hydroxylation is 1. The molecule has 3 N–H and O–H groups in total. The van der Waals surface area contributed by atoms with Gasteiger partial charge >= 0.3 is 0 Å². The van der Waals surface area contributed by atoms with E-state index in [0.29, 0.717) is 36.0 Å². The Morgan fingerprint density at radius 3 is 2.60 bits per heavy atom. The number of allylic oxidation sites excluding steroid dienone is 2. The van der Waals surface area contributed by atoms with Gasteiger partial charge in [0.2, 0.25) is 0 Å². The number of rotatable bonds is 7. The van der Waals surface area contributed by atoms with E-state index in [2.05, 4.69) is 16.8 Å². The van der Waals surface area contributed by atoms with Crippen LogP contribution in [-0.2, 0) is 4.74 Å². The van der Waals surface area contributed by atoms with Crippen molar-refractivity contribution in [2.75, 3.05) is 31.2 Å². The fraction of sp³-hybridized carbons (Fsp3) is 0.421. The van der Waals surface area contributed by atoms with Gasteiger partial charge in [-0.3, -0.25) is 0 Å². The number of nitrogens with zero attached hydrogens (tertiary/aromatic N) is 2. The normalized spacial score (nSPS) is 16.2. The minimum absolute atomic E-state index is 0.116.